The Morgan fingerprint density at radius 2 is 1.93 bits per heavy atom. The molecule has 0 saturated heterocycles. The Morgan fingerprint density at radius 1 is 1.40 bits per heavy atom. The first-order chi connectivity index (χ1) is 6.88. The van der Waals surface area contributed by atoms with Crippen LogP contribution >= 0.6 is 0 Å². The van der Waals surface area contributed by atoms with Crippen LogP contribution in [0.25, 0.3) is 0 Å². The van der Waals surface area contributed by atoms with E-state index in [1.54, 1.807) is 20.8 Å². The van der Waals surface area contributed by atoms with Crippen molar-refractivity contribution in [1.82, 2.24) is 5.32 Å². The largest absolute Gasteiger partial charge is 0.467 e. The van der Waals surface area contributed by atoms with Gasteiger partial charge in [-0.05, 0) is 13.3 Å². The van der Waals surface area contributed by atoms with Crippen LogP contribution in [-0.2, 0) is 14.3 Å². The first kappa shape index (κ1) is 13.7. The lowest BCUT2D eigenvalue weighted by Gasteiger charge is -2.17. The fraction of sp³-hybridized carbons (Fsp3) is 0.636. The smallest absolute Gasteiger partial charge is 0.328 e. The first-order valence-corrected chi connectivity index (χ1v) is 4.91. The van der Waals surface area contributed by atoms with E-state index in [4.69, 9.17) is 0 Å². The van der Waals surface area contributed by atoms with Crippen molar-refractivity contribution >= 4 is 11.9 Å². The molecule has 0 bridgehead atoms. The van der Waals surface area contributed by atoms with Crippen molar-refractivity contribution in [2.45, 2.75) is 33.2 Å². The summed E-state index contributed by atoms with van der Waals surface area (Å²) in [6.45, 7) is 9.04. The molecule has 0 rings (SSSR count). The maximum Gasteiger partial charge on any atom is 0.328 e. The summed E-state index contributed by atoms with van der Waals surface area (Å²) in [5.41, 5.74) is 0.828. The van der Waals surface area contributed by atoms with Crippen LogP contribution in [0, 0.1) is 5.92 Å². The van der Waals surface area contributed by atoms with E-state index >= 15 is 0 Å². The summed E-state index contributed by atoms with van der Waals surface area (Å²) >= 11 is 0. The molecule has 0 aliphatic heterocycles. The quantitative estimate of drug-likeness (QED) is 0.552. The average Bonchev–Trinajstić information content (AvgIpc) is 2.14. The fourth-order valence-corrected chi connectivity index (χ4v) is 1.02. The number of ether oxygens (including phenoxy) is 1. The zero-order valence-corrected chi connectivity index (χ0v) is 9.79. The van der Waals surface area contributed by atoms with Gasteiger partial charge in [-0.2, -0.15) is 0 Å². The maximum atomic E-state index is 11.4. The first-order valence-electron chi connectivity index (χ1n) is 4.91. The highest BCUT2D eigenvalue weighted by atomic mass is 16.5. The molecular weight excluding hydrogens is 194 g/mol. The van der Waals surface area contributed by atoms with E-state index in [0.717, 1.165) is 5.57 Å². The van der Waals surface area contributed by atoms with E-state index in [0.29, 0.717) is 6.42 Å². The van der Waals surface area contributed by atoms with Crippen LogP contribution in [-0.4, -0.2) is 25.0 Å². The number of hydrogen-bond donors (Lipinski definition) is 1. The average molecular weight is 213 g/mol. The highest BCUT2D eigenvalue weighted by Gasteiger charge is 2.22. The number of amides is 1. The molecule has 1 atom stereocenters. The number of carbonyl (C=O) groups excluding carboxylic acids is 2. The van der Waals surface area contributed by atoms with E-state index < -0.39 is 12.0 Å². The molecule has 4 heteroatoms. The molecule has 0 fully saturated rings. The molecule has 15 heavy (non-hydrogen) atoms. The van der Waals surface area contributed by atoms with Crippen molar-refractivity contribution < 1.29 is 14.3 Å². The summed E-state index contributed by atoms with van der Waals surface area (Å²) < 4.78 is 4.60. The summed E-state index contributed by atoms with van der Waals surface area (Å²) in [7, 11) is 1.30. The van der Waals surface area contributed by atoms with Gasteiger partial charge in [0.2, 0.25) is 5.91 Å². The van der Waals surface area contributed by atoms with Gasteiger partial charge in [0.15, 0.2) is 0 Å². The van der Waals surface area contributed by atoms with Gasteiger partial charge >= 0.3 is 5.97 Å². The number of nitrogens with one attached hydrogen (secondary N) is 1. The number of hydrogen-bond acceptors (Lipinski definition) is 3. The van der Waals surface area contributed by atoms with Crippen molar-refractivity contribution in [2.75, 3.05) is 7.11 Å². The molecule has 4 nitrogen and oxygen atoms in total. The molecule has 1 amide bonds. The summed E-state index contributed by atoms with van der Waals surface area (Å²) in [5, 5.41) is 2.62. The van der Waals surface area contributed by atoms with Crippen LogP contribution in [0.2, 0.25) is 0 Å². The normalized spacial score (nSPS) is 12.1. The van der Waals surface area contributed by atoms with E-state index in [9.17, 15) is 9.59 Å². The van der Waals surface area contributed by atoms with Gasteiger partial charge in [-0.15, -0.1) is 6.58 Å². The van der Waals surface area contributed by atoms with E-state index in [2.05, 4.69) is 16.6 Å². The number of methoxy groups -OCH3 is 1. The number of carbonyl (C=O) groups is 2. The minimum Gasteiger partial charge on any atom is -0.467 e. The third-order valence-electron chi connectivity index (χ3n) is 1.88. The minimum absolute atomic E-state index is 0.151. The van der Waals surface area contributed by atoms with Crippen molar-refractivity contribution in [2.24, 2.45) is 5.92 Å². The Labute approximate surface area is 90.7 Å². The highest BCUT2D eigenvalue weighted by molar-refractivity contribution is 5.85. The SMILES string of the molecule is C=C(C)C[C@@H](NC(=O)C(C)C)C(=O)OC. The molecule has 0 radical (unpaired) electrons. The molecule has 0 aliphatic rings. The van der Waals surface area contributed by atoms with Gasteiger partial charge in [0.1, 0.15) is 6.04 Å². The van der Waals surface area contributed by atoms with E-state index in [1.807, 2.05) is 0 Å². The van der Waals surface area contributed by atoms with Crippen LogP contribution in [0.4, 0.5) is 0 Å². The summed E-state index contributed by atoms with van der Waals surface area (Å²) in [6.07, 6.45) is 0.408. The van der Waals surface area contributed by atoms with Gasteiger partial charge in [-0.3, -0.25) is 4.79 Å². The Morgan fingerprint density at radius 3 is 2.27 bits per heavy atom. The van der Waals surface area contributed by atoms with Gasteiger partial charge < -0.3 is 10.1 Å². The predicted molar refractivity (Wildman–Crippen MR) is 58.2 cm³/mol. The summed E-state index contributed by atoms with van der Waals surface area (Å²) in [6, 6.07) is -0.623. The van der Waals surface area contributed by atoms with Crippen molar-refractivity contribution in [3.63, 3.8) is 0 Å². The van der Waals surface area contributed by atoms with Crippen LogP contribution in [0.1, 0.15) is 27.2 Å². The number of esters is 1. The van der Waals surface area contributed by atoms with Crippen LogP contribution < -0.4 is 5.32 Å². The van der Waals surface area contributed by atoms with Gasteiger partial charge in [0.25, 0.3) is 0 Å². The maximum absolute atomic E-state index is 11.4. The highest BCUT2D eigenvalue weighted by Crippen LogP contribution is 2.05. The Balaban J connectivity index is 4.44. The summed E-state index contributed by atoms with van der Waals surface area (Å²) in [4.78, 5) is 22.7. The second kappa shape index (κ2) is 6.22. The molecule has 1 N–H and O–H groups in total. The third kappa shape index (κ3) is 5.20. The van der Waals surface area contributed by atoms with Crippen LogP contribution in [0.3, 0.4) is 0 Å². The molecule has 0 heterocycles. The van der Waals surface area contributed by atoms with Crippen LogP contribution in [0.15, 0.2) is 12.2 Å². The minimum atomic E-state index is -0.623. The Kier molecular flexibility index (Phi) is 5.67. The van der Waals surface area contributed by atoms with Crippen molar-refractivity contribution in [3.05, 3.63) is 12.2 Å². The Bertz CT molecular complexity index is 259. The van der Waals surface area contributed by atoms with Gasteiger partial charge in [0, 0.05) is 5.92 Å². The molecular formula is C11H19NO3. The molecule has 0 unspecified atom stereocenters. The van der Waals surface area contributed by atoms with Gasteiger partial charge in [-0.1, -0.05) is 19.4 Å². The van der Waals surface area contributed by atoms with Crippen LogP contribution in [0.5, 0.6) is 0 Å². The Hall–Kier alpha value is -1.32. The molecule has 0 aromatic heterocycles. The van der Waals surface area contributed by atoms with E-state index in [1.165, 1.54) is 7.11 Å². The number of rotatable bonds is 5. The topological polar surface area (TPSA) is 55.4 Å². The lowest BCUT2D eigenvalue weighted by Crippen LogP contribution is -2.43. The van der Waals surface area contributed by atoms with Gasteiger partial charge in [-0.25, -0.2) is 4.79 Å². The standard InChI is InChI=1S/C11H19NO3/c1-7(2)6-9(11(14)15-5)12-10(13)8(3)4/h8-9H,1,6H2,2-5H3,(H,12,13)/t9-/m1/s1. The molecule has 0 spiro atoms. The molecule has 0 aliphatic carbocycles. The fourth-order valence-electron chi connectivity index (χ4n) is 1.02. The van der Waals surface area contributed by atoms with E-state index in [-0.39, 0.29) is 11.8 Å². The van der Waals surface area contributed by atoms with Crippen molar-refractivity contribution in [3.8, 4) is 0 Å². The molecule has 0 aromatic carbocycles. The molecule has 0 saturated carbocycles. The third-order valence-corrected chi connectivity index (χ3v) is 1.88. The predicted octanol–water partition coefficient (Wildman–Crippen LogP) is 1.27. The monoisotopic (exact) mass is 213 g/mol. The summed E-state index contributed by atoms with van der Waals surface area (Å²) in [5.74, 6) is -0.749. The lowest BCUT2D eigenvalue weighted by molar-refractivity contribution is -0.145. The molecule has 0 aromatic rings. The zero-order chi connectivity index (χ0) is 12.0. The second-order valence-electron chi connectivity index (χ2n) is 3.90. The van der Waals surface area contributed by atoms with Crippen molar-refractivity contribution in [1.29, 1.82) is 0 Å². The second-order valence-corrected chi connectivity index (χ2v) is 3.90. The van der Waals surface area contributed by atoms with Gasteiger partial charge in [0.05, 0.1) is 7.11 Å². The zero-order valence-electron chi connectivity index (χ0n) is 9.79. The molecule has 86 valence electrons. The lowest BCUT2D eigenvalue weighted by atomic mass is 10.1.